The van der Waals surface area contributed by atoms with Gasteiger partial charge >= 0.3 is 11.9 Å². The van der Waals surface area contributed by atoms with Crippen molar-refractivity contribution in [1.82, 2.24) is 0 Å². The summed E-state index contributed by atoms with van der Waals surface area (Å²) in [7, 11) is 0. The van der Waals surface area contributed by atoms with Crippen LogP contribution in [-0.2, 0) is 9.59 Å². The molecule has 2 N–H and O–H groups in total. The van der Waals surface area contributed by atoms with Crippen molar-refractivity contribution in [2.75, 3.05) is 0 Å². The molecule has 4 nitrogen and oxygen atoms in total. The normalized spacial score (nSPS) is 12.4. The highest BCUT2D eigenvalue weighted by molar-refractivity contribution is 7.12. The molecular weight excluding hydrogens is 216 g/mol. The molecule has 0 bridgehead atoms. The van der Waals surface area contributed by atoms with Crippen LogP contribution in [0, 0.1) is 13.8 Å². The van der Waals surface area contributed by atoms with Crippen molar-refractivity contribution in [1.29, 1.82) is 0 Å². The van der Waals surface area contributed by atoms with E-state index in [4.69, 9.17) is 10.2 Å². The Morgan fingerprint density at radius 2 is 2.00 bits per heavy atom. The van der Waals surface area contributed by atoms with Gasteiger partial charge in [0.15, 0.2) is 0 Å². The molecular formula is C10H12O4S. The van der Waals surface area contributed by atoms with Crippen molar-refractivity contribution in [3.05, 3.63) is 21.4 Å². The number of thiophene rings is 1. The van der Waals surface area contributed by atoms with Crippen molar-refractivity contribution in [3.8, 4) is 0 Å². The van der Waals surface area contributed by atoms with Crippen LogP contribution in [0.1, 0.15) is 27.7 Å². The van der Waals surface area contributed by atoms with Gasteiger partial charge in [0.1, 0.15) is 0 Å². The Kier molecular flexibility index (Phi) is 3.47. The first kappa shape index (κ1) is 11.7. The summed E-state index contributed by atoms with van der Waals surface area (Å²) in [6.45, 7) is 3.69. The topological polar surface area (TPSA) is 74.6 Å². The van der Waals surface area contributed by atoms with Crippen LogP contribution in [-0.4, -0.2) is 22.2 Å². The van der Waals surface area contributed by atoms with Crippen molar-refractivity contribution in [2.45, 2.75) is 26.2 Å². The number of aliphatic carboxylic acids is 2. The molecule has 0 fully saturated rings. The maximum absolute atomic E-state index is 10.9. The number of hydrogen-bond donors (Lipinski definition) is 2. The van der Waals surface area contributed by atoms with E-state index in [1.165, 1.54) is 11.3 Å². The van der Waals surface area contributed by atoms with Gasteiger partial charge in [-0.15, -0.1) is 11.3 Å². The Labute approximate surface area is 91.2 Å². The Morgan fingerprint density at radius 3 is 2.33 bits per heavy atom. The van der Waals surface area contributed by atoms with Crippen LogP contribution < -0.4 is 0 Å². The van der Waals surface area contributed by atoms with Crippen molar-refractivity contribution in [2.24, 2.45) is 0 Å². The SMILES string of the molecule is Cc1cc(C(CC(=O)O)C(=O)O)c(C)s1. The molecule has 5 heteroatoms. The molecule has 0 radical (unpaired) electrons. The summed E-state index contributed by atoms with van der Waals surface area (Å²) in [5.41, 5.74) is 0.618. The van der Waals surface area contributed by atoms with Gasteiger partial charge in [-0.3, -0.25) is 9.59 Å². The fourth-order valence-corrected chi connectivity index (χ4v) is 2.49. The molecule has 1 unspecified atom stereocenters. The molecule has 82 valence electrons. The maximum Gasteiger partial charge on any atom is 0.311 e. The summed E-state index contributed by atoms with van der Waals surface area (Å²) in [5.74, 6) is -3.11. The lowest BCUT2D eigenvalue weighted by atomic mass is 9.96. The van der Waals surface area contributed by atoms with Crippen LogP contribution in [0.15, 0.2) is 6.07 Å². The lowest BCUT2D eigenvalue weighted by Crippen LogP contribution is -2.15. The fourth-order valence-electron chi connectivity index (χ4n) is 1.50. The van der Waals surface area contributed by atoms with E-state index in [9.17, 15) is 9.59 Å². The van der Waals surface area contributed by atoms with Gasteiger partial charge in [0.2, 0.25) is 0 Å². The first-order valence-electron chi connectivity index (χ1n) is 4.43. The number of aryl methyl sites for hydroxylation is 2. The molecule has 0 aliphatic rings. The molecule has 1 heterocycles. The first-order chi connectivity index (χ1) is 6.91. The van der Waals surface area contributed by atoms with Crippen LogP contribution >= 0.6 is 11.3 Å². The second-order valence-corrected chi connectivity index (χ2v) is 4.82. The predicted molar refractivity (Wildman–Crippen MR) is 56.4 cm³/mol. The number of rotatable bonds is 4. The monoisotopic (exact) mass is 228 g/mol. The average Bonchev–Trinajstić information content (AvgIpc) is 2.40. The molecule has 1 aromatic heterocycles. The summed E-state index contributed by atoms with van der Waals surface area (Å²) >= 11 is 1.49. The van der Waals surface area contributed by atoms with E-state index >= 15 is 0 Å². The van der Waals surface area contributed by atoms with Crippen molar-refractivity contribution in [3.63, 3.8) is 0 Å². The van der Waals surface area contributed by atoms with Gasteiger partial charge in [-0.1, -0.05) is 0 Å². The minimum absolute atomic E-state index is 0.369. The summed E-state index contributed by atoms with van der Waals surface area (Å²) in [6.07, 6.45) is -0.369. The van der Waals surface area contributed by atoms with E-state index < -0.39 is 17.9 Å². The second kappa shape index (κ2) is 4.44. The van der Waals surface area contributed by atoms with Gasteiger partial charge < -0.3 is 10.2 Å². The zero-order chi connectivity index (χ0) is 11.6. The maximum atomic E-state index is 10.9. The van der Waals surface area contributed by atoms with Crippen LogP contribution in [0.25, 0.3) is 0 Å². The third-order valence-electron chi connectivity index (χ3n) is 2.13. The highest BCUT2D eigenvalue weighted by Crippen LogP contribution is 2.30. The molecule has 0 amide bonds. The van der Waals surface area contributed by atoms with E-state index in [0.717, 1.165) is 9.75 Å². The standard InChI is InChI=1S/C10H12O4S/c1-5-3-7(6(2)15-5)8(10(13)14)4-9(11)12/h3,8H,4H2,1-2H3,(H,11,12)(H,13,14). The van der Waals surface area contributed by atoms with Gasteiger partial charge in [-0.25, -0.2) is 0 Å². The predicted octanol–water partition coefficient (Wildman–Crippen LogP) is 2.01. The second-order valence-electron chi connectivity index (χ2n) is 3.36. The van der Waals surface area contributed by atoms with Gasteiger partial charge in [-0.2, -0.15) is 0 Å². The van der Waals surface area contributed by atoms with E-state index in [-0.39, 0.29) is 6.42 Å². The highest BCUT2D eigenvalue weighted by atomic mass is 32.1. The molecule has 0 aromatic carbocycles. The van der Waals surface area contributed by atoms with E-state index in [1.807, 2.05) is 13.8 Å². The summed E-state index contributed by atoms with van der Waals surface area (Å²) in [4.78, 5) is 23.4. The van der Waals surface area contributed by atoms with Crippen molar-refractivity contribution < 1.29 is 19.8 Å². The summed E-state index contributed by atoms with van der Waals surface area (Å²) < 4.78 is 0. The molecule has 0 spiro atoms. The number of carbonyl (C=O) groups is 2. The van der Waals surface area contributed by atoms with Crippen LogP contribution in [0.5, 0.6) is 0 Å². The van der Waals surface area contributed by atoms with Crippen LogP contribution in [0.3, 0.4) is 0 Å². The molecule has 15 heavy (non-hydrogen) atoms. The molecule has 0 saturated heterocycles. The number of hydrogen-bond acceptors (Lipinski definition) is 3. The summed E-state index contributed by atoms with van der Waals surface area (Å²) in [5, 5.41) is 17.6. The molecule has 1 atom stereocenters. The number of carboxylic acid groups (broad SMARTS) is 2. The third-order valence-corrected chi connectivity index (χ3v) is 3.11. The molecule has 1 rings (SSSR count). The molecule has 0 aliphatic heterocycles. The largest absolute Gasteiger partial charge is 0.481 e. The van der Waals surface area contributed by atoms with Crippen LogP contribution in [0.2, 0.25) is 0 Å². The zero-order valence-electron chi connectivity index (χ0n) is 8.48. The van der Waals surface area contributed by atoms with Gasteiger partial charge in [0, 0.05) is 9.75 Å². The Hall–Kier alpha value is -1.36. The third kappa shape index (κ3) is 2.79. The highest BCUT2D eigenvalue weighted by Gasteiger charge is 2.25. The summed E-state index contributed by atoms with van der Waals surface area (Å²) in [6, 6.07) is 1.75. The Morgan fingerprint density at radius 1 is 1.40 bits per heavy atom. The smallest absolute Gasteiger partial charge is 0.311 e. The quantitative estimate of drug-likeness (QED) is 0.826. The van der Waals surface area contributed by atoms with E-state index in [1.54, 1.807) is 6.07 Å². The van der Waals surface area contributed by atoms with Crippen LogP contribution in [0.4, 0.5) is 0 Å². The van der Waals surface area contributed by atoms with E-state index in [2.05, 4.69) is 0 Å². The lowest BCUT2D eigenvalue weighted by Gasteiger charge is -2.08. The average molecular weight is 228 g/mol. The van der Waals surface area contributed by atoms with E-state index in [0.29, 0.717) is 5.56 Å². The minimum Gasteiger partial charge on any atom is -0.481 e. The van der Waals surface area contributed by atoms with Gasteiger partial charge in [0.25, 0.3) is 0 Å². The molecule has 0 saturated carbocycles. The Balaban J connectivity index is 3.03. The molecule has 0 aliphatic carbocycles. The number of carboxylic acids is 2. The molecule has 1 aromatic rings. The minimum atomic E-state index is -1.09. The van der Waals surface area contributed by atoms with Crippen molar-refractivity contribution >= 4 is 23.3 Å². The lowest BCUT2D eigenvalue weighted by molar-refractivity contribution is -0.145. The first-order valence-corrected chi connectivity index (χ1v) is 5.25. The fraction of sp³-hybridized carbons (Fsp3) is 0.400. The zero-order valence-corrected chi connectivity index (χ0v) is 9.30. The van der Waals surface area contributed by atoms with Gasteiger partial charge in [-0.05, 0) is 25.5 Å². The Bertz CT molecular complexity index is 394. The van der Waals surface area contributed by atoms with Gasteiger partial charge in [0.05, 0.1) is 12.3 Å².